The molecule has 0 saturated carbocycles. The van der Waals surface area contributed by atoms with Crippen LogP contribution in [0.15, 0.2) is 28.8 Å². The Morgan fingerprint density at radius 3 is 2.63 bits per heavy atom. The molecule has 0 radical (unpaired) electrons. The highest BCUT2D eigenvalue weighted by molar-refractivity contribution is 14.1. The molecule has 0 unspecified atom stereocenters. The number of rotatable bonds is 3. The van der Waals surface area contributed by atoms with Gasteiger partial charge in [0.05, 0.1) is 17.8 Å². The monoisotopic (exact) mass is 370 g/mol. The molecule has 2 aromatic rings. The maximum absolute atomic E-state index is 12.4. The molecule has 4 nitrogen and oxygen atoms in total. The normalized spacial score (nSPS) is 10.5. The molecule has 19 heavy (non-hydrogen) atoms. The van der Waals surface area contributed by atoms with Crippen molar-refractivity contribution in [3.05, 3.63) is 50.4 Å². The SMILES string of the molecule is Cc1noc(C)c1CN(C)C(=O)c1ccccc1I. The fourth-order valence-corrected chi connectivity index (χ4v) is 2.49. The Balaban J connectivity index is 2.19. The van der Waals surface area contributed by atoms with E-state index in [0.717, 1.165) is 26.2 Å². The molecule has 1 heterocycles. The van der Waals surface area contributed by atoms with Crippen LogP contribution in [0.4, 0.5) is 0 Å². The van der Waals surface area contributed by atoms with Crippen molar-refractivity contribution in [2.45, 2.75) is 20.4 Å². The summed E-state index contributed by atoms with van der Waals surface area (Å²) in [7, 11) is 1.79. The van der Waals surface area contributed by atoms with Gasteiger partial charge in [-0.05, 0) is 48.6 Å². The molecule has 1 aromatic heterocycles. The summed E-state index contributed by atoms with van der Waals surface area (Å²) in [4.78, 5) is 14.1. The van der Waals surface area contributed by atoms with E-state index >= 15 is 0 Å². The Morgan fingerprint density at radius 2 is 2.05 bits per heavy atom. The van der Waals surface area contributed by atoms with E-state index in [1.54, 1.807) is 11.9 Å². The summed E-state index contributed by atoms with van der Waals surface area (Å²) in [6.07, 6.45) is 0. The summed E-state index contributed by atoms with van der Waals surface area (Å²) in [5, 5.41) is 3.90. The van der Waals surface area contributed by atoms with Crippen LogP contribution in [0, 0.1) is 17.4 Å². The van der Waals surface area contributed by atoms with Gasteiger partial charge in [0.15, 0.2) is 0 Å². The lowest BCUT2D eigenvalue weighted by atomic mass is 10.1. The van der Waals surface area contributed by atoms with Crippen molar-refractivity contribution >= 4 is 28.5 Å². The number of halogens is 1. The number of carbonyl (C=O) groups excluding carboxylic acids is 1. The number of amides is 1. The van der Waals surface area contributed by atoms with Crippen LogP contribution in [0.3, 0.4) is 0 Å². The lowest BCUT2D eigenvalue weighted by Gasteiger charge is -2.17. The second-order valence-electron chi connectivity index (χ2n) is 4.44. The first-order chi connectivity index (χ1) is 9.00. The van der Waals surface area contributed by atoms with Crippen molar-refractivity contribution in [1.82, 2.24) is 10.1 Å². The number of aromatic nitrogens is 1. The smallest absolute Gasteiger partial charge is 0.254 e. The minimum atomic E-state index is 0.00463. The zero-order chi connectivity index (χ0) is 14.0. The summed E-state index contributed by atoms with van der Waals surface area (Å²) >= 11 is 2.17. The maximum Gasteiger partial charge on any atom is 0.254 e. The molecule has 0 aliphatic carbocycles. The highest BCUT2D eigenvalue weighted by Crippen LogP contribution is 2.18. The van der Waals surface area contributed by atoms with E-state index in [0.29, 0.717) is 6.54 Å². The van der Waals surface area contributed by atoms with E-state index in [9.17, 15) is 4.79 Å². The zero-order valence-corrected chi connectivity index (χ0v) is 13.3. The number of hydrogen-bond donors (Lipinski definition) is 0. The van der Waals surface area contributed by atoms with Crippen molar-refractivity contribution < 1.29 is 9.32 Å². The molecule has 0 aliphatic heterocycles. The number of hydrogen-bond acceptors (Lipinski definition) is 3. The van der Waals surface area contributed by atoms with Crippen molar-refractivity contribution in [2.75, 3.05) is 7.05 Å². The number of aryl methyl sites for hydroxylation is 2. The van der Waals surface area contributed by atoms with Crippen molar-refractivity contribution in [1.29, 1.82) is 0 Å². The van der Waals surface area contributed by atoms with Crippen molar-refractivity contribution in [2.24, 2.45) is 0 Å². The number of nitrogens with zero attached hydrogens (tertiary/aromatic N) is 2. The van der Waals surface area contributed by atoms with E-state index < -0.39 is 0 Å². The Hall–Kier alpha value is -1.37. The molecule has 1 amide bonds. The molecule has 0 aliphatic rings. The van der Waals surface area contributed by atoms with Crippen LogP contribution in [0.5, 0.6) is 0 Å². The van der Waals surface area contributed by atoms with Gasteiger partial charge in [0.1, 0.15) is 5.76 Å². The summed E-state index contributed by atoms with van der Waals surface area (Å²) in [5.41, 5.74) is 2.53. The largest absolute Gasteiger partial charge is 0.361 e. The van der Waals surface area contributed by atoms with Crippen molar-refractivity contribution in [3.8, 4) is 0 Å². The Morgan fingerprint density at radius 1 is 1.37 bits per heavy atom. The second-order valence-corrected chi connectivity index (χ2v) is 5.61. The van der Waals surface area contributed by atoms with Crippen molar-refractivity contribution in [3.63, 3.8) is 0 Å². The molecule has 0 bridgehead atoms. The fourth-order valence-electron chi connectivity index (χ4n) is 1.88. The van der Waals surface area contributed by atoms with Crippen LogP contribution < -0.4 is 0 Å². The second kappa shape index (κ2) is 5.73. The minimum Gasteiger partial charge on any atom is -0.361 e. The third-order valence-electron chi connectivity index (χ3n) is 3.03. The zero-order valence-electron chi connectivity index (χ0n) is 11.1. The van der Waals surface area contributed by atoms with Gasteiger partial charge in [-0.2, -0.15) is 0 Å². The number of carbonyl (C=O) groups is 1. The topological polar surface area (TPSA) is 46.3 Å². The van der Waals surface area contributed by atoms with Gasteiger partial charge in [0.2, 0.25) is 0 Å². The summed E-state index contributed by atoms with van der Waals surface area (Å²) in [6, 6.07) is 7.57. The van der Waals surface area contributed by atoms with Crippen LogP contribution in [-0.4, -0.2) is 23.0 Å². The van der Waals surface area contributed by atoms with Crippen LogP contribution in [0.25, 0.3) is 0 Å². The van der Waals surface area contributed by atoms with E-state index in [4.69, 9.17) is 4.52 Å². The quantitative estimate of drug-likeness (QED) is 0.780. The van der Waals surface area contributed by atoms with Crippen LogP contribution >= 0.6 is 22.6 Å². The van der Waals surface area contributed by atoms with E-state index in [2.05, 4.69) is 27.7 Å². The molecule has 0 fully saturated rings. The highest BCUT2D eigenvalue weighted by atomic mass is 127. The molecule has 100 valence electrons. The first kappa shape index (κ1) is 14.0. The molecule has 2 rings (SSSR count). The molecule has 0 atom stereocenters. The van der Waals surface area contributed by atoms with Gasteiger partial charge in [-0.1, -0.05) is 17.3 Å². The van der Waals surface area contributed by atoms with Gasteiger partial charge in [-0.15, -0.1) is 0 Å². The maximum atomic E-state index is 12.4. The lowest BCUT2D eigenvalue weighted by Crippen LogP contribution is -2.27. The van der Waals surface area contributed by atoms with E-state index in [-0.39, 0.29) is 5.91 Å². The molecular weight excluding hydrogens is 355 g/mol. The number of benzene rings is 1. The van der Waals surface area contributed by atoms with Crippen LogP contribution in [-0.2, 0) is 6.54 Å². The van der Waals surface area contributed by atoms with Gasteiger partial charge in [0.25, 0.3) is 5.91 Å². The molecule has 0 N–H and O–H groups in total. The van der Waals surface area contributed by atoms with E-state index in [1.165, 1.54) is 0 Å². The Kier molecular flexibility index (Phi) is 4.24. The summed E-state index contributed by atoms with van der Waals surface area (Å²) in [6.45, 7) is 4.25. The van der Waals surface area contributed by atoms with Gasteiger partial charge < -0.3 is 9.42 Å². The van der Waals surface area contributed by atoms with Gasteiger partial charge in [-0.25, -0.2) is 0 Å². The first-order valence-corrected chi connectivity index (χ1v) is 7.00. The first-order valence-electron chi connectivity index (χ1n) is 5.92. The molecular formula is C14H15IN2O2. The predicted octanol–water partition coefficient (Wildman–Crippen LogP) is 3.17. The average Bonchev–Trinajstić information content (AvgIpc) is 2.70. The van der Waals surface area contributed by atoms with E-state index in [1.807, 2.05) is 38.1 Å². The molecule has 0 spiro atoms. The van der Waals surface area contributed by atoms with Crippen LogP contribution in [0.1, 0.15) is 27.4 Å². The molecule has 5 heteroatoms. The van der Waals surface area contributed by atoms with Gasteiger partial charge in [-0.3, -0.25) is 4.79 Å². The summed E-state index contributed by atoms with van der Waals surface area (Å²) in [5.74, 6) is 0.768. The third-order valence-corrected chi connectivity index (χ3v) is 3.97. The highest BCUT2D eigenvalue weighted by Gasteiger charge is 2.18. The lowest BCUT2D eigenvalue weighted by molar-refractivity contribution is 0.0783. The minimum absolute atomic E-state index is 0.00463. The molecule has 1 aromatic carbocycles. The Bertz CT molecular complexity index is 588. The third kappa shape index (κ3) is 2.97. The average molecular weight is 370 g/mol. The predicted molar refractivity (Wildman–Crippen MR) is 80.9 cm³/mol. The Labute approximate surface area is 125 Å². The fraction of sp³-hybridized carbons (Fsp3) is 0.286. The van der Waals surface area contributed by atoms with Gasteiger partial charge in [0, 0.05) is 16.2 Å². The van der Waals surface area contributed by atoms with Crippen LogP contribution in [0.2, 0.25) is 0 Å². The van der Waals surface area contributed by atoms with Gasteiger partial charge >= 0.3 is 0 Å². The summed E-state index contributed by atoms with van der Waals surface area (Å²) < 4.78 is 6.07. The standard InChI is InChI=1S/C14H15IN2O2/c1-9-12(10(2)19-16-9)8-17(3)14(18)11-6-4-5-7-13(11)15/h4-7H,8H2,1-3H3. The molecule has 0 saturated heterocycles.